The minimum Gasteiger partial charge on any atom is -0.493 e. The molecule has 0 bridgehead atoms. The Hall–Kier alpha value is -3.77. The van der Waals surface area contributed by atoms with E-state index in [0.717, 1.165) is 0 Å². The predicted octanol–water partition coefficient (Wildman–Crippen LogP) is 4.71. The molecule has 2 atom stereocenters. The lowest BCUT2D eigenvalue weighted by Gasteiger charge is -2.20. The summed E-state index contributed by atoms with van der Waals surface area (Å²) in [5, 5.41) is 0. The van der Waals surface area contributed by atoms with Crippen LogP contribution >= 0.6 is 0 Å². The normalized spacial score (nSPS) is 12.8. The van der Waals surface area contributed by atoms with E-state index in [-0.39, 0.29) is 5.78 Å². The van der Waals surface area contributed by atoms with Crippen LogP contribution in [0.15, 0.2) is 36.4 Å². The number of carbonyl (C=O) groups excluding carboxylic acids is 1. The van der Waals surface area contributed by atoms with Gasteiger partial charge in [0.25, 0.3) is 0 Å². The molecule has 0 aliphatic rings. The minimum absolute atomic E-state index is 0.261. The van der Waals surface area contributed by atoms with Crippen molar-refractivity contribution in [3.63, 3.8) is 0 Å². The van der Waals surface area contributed by atoms with Gasteiger partial charge >= 0.3 is 13.0 Å². The third kappa shape index (κ3) is 9.16. The van der Waals surface area contributed by atoms with Crippen molar-refractivity contribution < 1.29 is 52.2 Å². The van der Waals surface area contributed by atoms with E-state index >= 15 is 0 Å². The van der Waals surface area contributed by atoms with Gasteiger partial charge in [-0.3, -0.25) is 4.79 Å². The maximum atomic E-state index is 12.6. The van der Waals surface area contributed by atoms with E-state index in [2.05, 4.69) is 0 Å². The van der Waals surface area contributed by atoms with Crippen LogP contribution in [0.2, 0.25) is 0 Å². The first-order valence-corrected chi connectivity index (χ1v) is 12.4. The zero-order chi connectivity index (χ0) is 29.5. The molecule has 2 unspecified atom stereocenters. The predicted molar refractivity (Wildman–Crippen MR) is 148 cm³/mol. The molecule has 0 heterocycles. The van der Waals surface area contributed by atoms with Gasteiger partial charge in [-0.1, -0.05) is 12.2 Å². The van der Waals surface area contributed by atoms with E-state index in [4.69, 9.17) is 47.4 Å². The summed E-state index contributed by atoms with van der Waals surface area (Å²) in [5.74, 6) is 1.87. The van der Waals surface area contributed by atoms with Gasteiger partial charge in [-0.2, -0.15) is 0 Å². The first-order chi connectivity index (χ1) is 19.4. The number of ether oxygens (including phenoxy) is 10. The van der Waals surface area contributed by atoms with E-state index < -0.39 is 13.0 Å². The van der Waals surface area contributed by atoms with Gasteiger partial charge in [0, 0.05) is 14.2 Å². The van der Waals surface area contributed by atoms with Gasteiger partial charge in [-0.15, -0.1) is 0 Å². The second-order valence-corrected chi connectivity index (χ2v) is 7.77. The molecule has 2 rings (SSSR count). The topological polar surface area (TPSA) is 109 Å². The number of ketones is 1. The second kappa shape index (κ2) is 17.0. The molecule has 2 aromatic rings. The van der Waals surface area contributed by atoms with Crippen LogP contribution in [0.5, 0.6) is 34.5 Å². The quantitative estimate of drug-likeness (QED) is 0.186. The van der Waals surface area contributed by atoms with Crippen molar-refractivity contribution in [1.82, 2.24) is 0 Å². The summed E-state index contributed by atoms with van der Waals surface area (Å²) in [6, 6.07) is 6.81. The lowest BCUT2D eigenvalue weighted by Crippen LogP contribution is -2.23. The van der Waals surface area contributed by atoms with Crippen molar-refractivity contribution in [2.45, 2.75) is 26.8 Å². The summed E-state index contributed by atoms with van der Waals surface area (Å²) in [4.78, 5) is 12.6. The summed E-state index contributed by atoms with van der Waals surface area (Å²) in [6.07, 6.45) is 6.10. The van der Waals surface area contributed by atoms with Crippen LogP contribution in [0.3, 0.4) is 0 Å². The molecule has 220 valence electrons. The molecule has 11 nitrogen and oxygen atoms in total. The van der Waals surface area contributed by atoms with Gasteiger partial charge in [0.05, 0.1) is 41.7 Å². The summed E-state index contributed by atoms with van der Waals surface area (Å²) in [6.45, 7) is 2.54. The van der Waals surface area contributed by atoms with Gasteiger partial charge in [0.1, 0.15) is 0 Å². The first-order valence-electron chi connectivity index (χ1n) is 12.4. The zero-order valence-corrected chi connectivity index (χ0v) is 24.2. The Morgan fingerprint density at radius 2 is 0.950 bits per heavy atom. The molecule has 2 aromatic carbocycles. The average Bonchev–Trinajstić information content (AvgIpc) is 2.98. The lowest BCUT2D eigenvalue weighted by atomic mass is 10.1. The number of benzene rings is 2. The maximum Gasteiger partial charge on any atom is 0.315 e. The highest BCUT2D eigenvalue weighted by atomic mass is 16.8. The minimum atomic E-state index is -0.940. The largest absolute Gasteiger partial charge is 0.493 e. The summed E-state index contributed by atoms with van der Waals surface area (Å²) in [7, 11) is 8.91. The molecule has 0 saturated carbocycles. The molecule has 0 N–H and O–H groups in total. The standard InChI is InChI=1S/C29H38O11/c1-9-37-28(35-7)39-26-22(31-3)15-19(16-23(26)32-4)11-13-21(30)14-12-20-17-24(33-5)27(25(18-20)34-6)40-29(36-8)38-10-2/h11-18,28-29H,9-10H2,1-8H3/b13-11+,14-12+. The van der Waals surface area contributed by atoms with Crippen molar-refractivity contribution >= 4 is 17.9 Å². The molecular weight excluding hydrogens is 524 g/mol. The highest BCUT2D eigenvalue weighted by Crippen LogP contribution is 2.41. The highest BCUT2D eigenvalue weighted by Gasteiger charge is 2.20. The van der Waals surface area contributed by atoms with Crippen molar-refractivity contribution in [3.8, 4) is 34.5 Å². The summed E-state index contributed by atoms with van der Waals surface area (Å²) in [5.41, 5.74) is 1.31. The Labute approximate surface area is 235 Å². The molecule has 11 heteroatoms. The Balaban J connectivity index is 2.25. The molecule has 0 aliphatic heterocycles. The molecule has 0 aromatic heterocycles. The van der Waals surface area contributed by atoms with Gasteiger partial charge in [0.15, 0.2) is 28.8 Å². The number of hydrogen-bond donors (Lipinski definition) is 0. The Morgan fingerprint density at radius 1 is 0.625 bits per heavy atom. The van der Waals surface area contributed by atoms with Crippen LogP contribution in [-0.4, -0.2) is 74.6 Å². The van der Waals surface area contributed by atoms with Gasteiger partial charge in [-0.25, -0.2) is 0 Å². The van der Waals surface area contributed by atoms with Crippen molar-refractivity contribution in [3.05, 3.63) is 47.5 Å². The summed E-state index contributed by atoms with van der Waals surface area (Å²) >= 11 is 0. The monoisotopic (exact) mass is 562 g/mol. The molecule has 0 aliphatic carbocycles. The van der Waals surface area contributed by atoms with Crippen LogP contribution in [0.25, 0.3) is 12.2 Å². The fourth-order valence-electron chi connectivity index (χ4n) is 3.40. The van der Waals surface area contributed by atoms with Crippen LogP contribution in [-0.2, 0) is 23.7 Å². The smallest absolute Gasteiger partial charge is 0.315 e. The molecule has 0 spiro atoms. The lowest BCUT2D eigenvalue weighted by molar-refractivity contribution is -0.232. The molecule has 40 heavy (non-hydrogen) atoms. The molecular formula is C29H38O11. The Kier molecular flexibility index (Phi) is 13.8. The fraction of sp³-hybridized carbons (Fsp3) is 0.414. The fourth-order valence-corrected chi connectivity index (χ4v) is 3.40. The maximum absolute atomic E-state index is 12.6. The molecule has 0 saturated heterocycles. The second-order valence-electron chi connectivity index (χ2n) is 7.77. The van der Waals surface area contributed by atoms with E-state index in [1.54, 1.807) is 36.4 Å². The Morgan fingerprint density at radius 3 is 1.20 bits per heavy atom. The van der Waals surface area contributed by atoms with Crippen molar-refractivity contribution in [2.75, 3.05) is 55.9 Å². The van der Waals surface area contributed by atoms with Crippen LogP contribution < -0.4 is 28.4 Å². The van der Waals surface area contributed by atoms with E-state index in [1.165, 1.54) is 54.8 Å². The molecule has 0 radical (unpaired) electrons. The van der Waals surface area contributed by atoms with Crippen LogP contribution in [0.4, 0.5) is 0 Å². The first kappa shape index (κ1) is 32.4. The van der Waals surface area contributed by atoms with Crippen LogP contribution in [0, 0.1) is 0 Å². The number of methoxy groups -OCH3 is 6. The van der Waals surface area contributed by atoms with E-state index in [9.17, 15) is 4.79 Å². The third-order valence-electron chi connectivity index (χ3n) is 5.26. The number of hydrogen-bond acceptors (Lipinski definition) is 11. The van der Waals surface area contributed by atoms with E-state index in [1.807, 2.05) is 13.8 Å². The van der Waals surface area contributed by atoms with Gasteiger partial charge in [-0.05, 0) is 61.4 Å². The number of allylic oxidation sites excluding steroid dienone is 2. The van der Waals surface area contributed by atoms with E-state index in [0.29, 0.717) is 58.8 Å². The van der Waals surface area contributed by atoms with Crippen LogP contribution in [0.1, 0.15) is 25.0 Å². The Bertz CT molecular complexity index is 1010. The van der Waals surface area contributed by atoms with Gasteiger partial charge < -0.3 is 47.4 Å². The molecule has 0 fully saturated rings. The summed E-state index contributed by atoms with van der Waals surface area (Å²) < 4.78 is 54.5. The van der Waals surface area contributed by atoms with Gasteiger partial charge in [0.2, 0.25) is 11.5 Å². The SMILES string of the molecule is CCOC(OC)Oc1c(OC)cc(/C=C/C(=O)/C=C/c2cc(OC)c(OC(OC)OCC)c(OC)c2)cc1OC. The molecule has 0 amide bonds. The van der Waals surface area contributed by atoms with Crippen molar-refractivity contribution in [2.24, 2.45) is 0 Å². The number of rotatable bonds is 18. The average molecular weight is 563 g/mol. The third-order valence-corrected chi connectivity index (χ3v) is 5.26. The number of carbonyl (C=O) groups is 1. The zero-order valence-electron chi connectivity index (χ0n) is 24.2. The highest BCUT2D eigenvalue weighted by molar-refractivity contribution is 6.04. The van der Waals surface area contributed by atoms with Crippen molar-refractivity contribution in [1.29, 1.82) is 0 Å².